The van der Waals surface area contributed by atoms with Gasteiger partial charge >= 0.3 is 0 Å². The van der Waals surface area contributed by atoms with Crippen LogP contribution in [0, 0.1) is 15.9 Å². The summed E-state index contributed by atoms with van der Waals surface area (Å²) in [5, 5.41) is 22.1. The lowest BCUT2D eigenvalue weighted by Crippen LogP contribution is -2.15. The zero-order valence-corrected chi connectivity index (χ0v) is 14.9. The zero-order valence-electron chi connectivity index (χ0n) is 14.1. The zero-order chi connectivity index (χ0) is 19.4. The number of amides is 1. The van der Waals surface area contributed by atoms with E-state index in [2.05, 4.69) is 15.5 Å². The molecule has 1 N–H and O–H groups in total. The molecule has 0 radical (unpaired) electrons. The molecule has 0 saturated carbocycles. The number of carbonyl (C=O) groups is 1. The van der Waals surface area contributed by atoms with E-state index in [-0.39, 0.29) is 22.9 Å². The van der Waals surface area contributed by atoms with Crippen LogP contribution in [0.3, 0.4) is 0 Å². The standard InChI is InChI=1S/C17H14FN5O3S/c1-22-16(11-6-8-12(18)9-7-11)20-21-17(22)27-10-15(24)19-13-4-2-3-5-14(13)23(25)26/h2-9H,10H2,1H3,(H,19,24). The molecule has 0 atom stereocenters. The third kappa shape index (κ3) is 4.29. The molecule has 27 heavy (non-hydrogen) atoms. The highest BCUT2D eigenvalue weighted by Crippen LogP contribution is 2.25. The van der Waals surface area contributed by atoms with Crippen molar-refractivity contribution in [2.45, 2.75) is 5.16 Å². The molecule has 0 spiro atoms. The molecule has 8 nitrogen and oxygen atoms in total. The van der Waals surface area contributed by atoms with Gasteiger partial charge in [0.1, 0.15) is 11.5 Å². The van der Waals surface area contributed by atoms with Crippen molar-refractivity contribution in [3.63, 3.8) is 0 Å². The Morgan fingerprint density at radius 3 is 2.63 bits per heavy atom. The molecule has 3 rings (SSSR count). The van der Waals surface area contributed by atoms with Crippen LogP contribution in [0.4, 0.5) is 15.8 Å². The molecule has 1 amide bonds. The third-order valence-corrected chi connectivity index (χ3v) is 4.66. The Kier molecular flexibility index (Phi) is 5.46. The molecular weight excluding hydrogens is 373 g/mol. The van der Waals surface area contributed by atoms with Gasteiger partial charge in [-0.25, -0.2) is 4.39 Å². The highest BCUT2D eigenvalue weighted by atomic mass is 32.2. The summed E-state index contributed by atoms with van der Waals surface area (Å²) in [6, 6.07) is 11.8. The van der Waals surface area contributed by atoms with E-state index >= 15 is 0 Å². The summed E-state index contributed by atoms with van der Waals surface area (Å²) < 4.78 is 14.7. The predicted octanol–water partition coefficient (Wildman–Crippen LogP) is 3.26. The van der Waals surface area contributed by atoms with Gasteiger partial charge in [-0.2, -0.15) is 0 Å². The molecule has 1 heterocycles. The number of thioether (sulfide) groups is 1. The summed E-state index contributed by atoms with van der Waals surface area (Å²) in [5.41, 5.74) is 0.661. The lowest BCUT2D eigenvalue weighted by molar-refractivity contribution is -0.383. The molecule has 0 aliphatic carbocycles. The van der Waals surface area contributed by atoms with Crippen LogP contribution in [-0.4, -0.2) is 31.3 Å². The largest absolute Gasteiger partial charge is 0.320 e. The van der Waals surface area contributed by atoms with Gasteiger partial charge in [0, 0.05) is 18.7 Å². The number of benzene rings is 2. The second kappa shape index (κ2) is 7.96. The molecule has 1 aromatic heterocycles. The number of halogens is 1. The summed E-state index contributed by atoms with van der Waals surface area (Å²) in [7, 11) is 1.74. The Labute approximate surface area is 157 Å². The van der Waals surface area contributed by atoms with Crippen LogP contribution in [0.1, 0.15) is 0 Å². The minimum atomic E-state index is -0.555. The summed E-state index contributed by atoms with van der Waals surface area (Å²) in [4.78, 5) is 22.6. The Balaban J connectivity index is 1.66. The molecule has 0 fully saturated rings. The topological polar surface area (TPSA) is 103 Å². The number of para-hydroxylation sites is 2. The van der Waals surface area contributed by atoms with Gasteiger partial charge in [-0.05, 0) is 30.3 Å². The van der Waals surface area contributed by atoms with Crippen molar-refractivity contribution in [3.05, 3.63) is 64.5 Å². The van der Waals surface area contributed by atoms with Crippen molar-refractivity contribution in [1.29, 1.82) is 0 Å². The molecule has 0 unspecified atom stereocenters. The molecule has 10 heteroatoms. The van der Waals surface area contributed by atoms with Gasteiger partial charge in [0.15, 0.2) is 11.0 Å². The van der Waals surface area contributed by atoms with Crippen molar-refractivity contribution in [1.82, 2.24) is 14.8 Å². The van der Waals surface area contributed by atoms with Crippen LogP contribution >= 0.6 is 11.8 Å². The Morgan fingerprint density at radius 2 is 1.93 bits per heavy atom. The molecule has 3 aromatic rings. The first-order valence-corrected chi connectivity index (χ1v) is 8.75. The van der Waals surface area contributed by atoms with E-state index < -0.39 is 10.8 Å². The quantitative estimate of drug-likeness (QED) is 0.396. The van der Waals surface area contributed by atoms with Crippen LogP contribution in [0.15, 0.2) is 53.7 Å². The van der Waals surface area contributed by atoms with Gasteiger partial charge in [0.25, 0.3) is 5.69 Å². The Hall–Kier alpha value is -3.27. The number of hydrogen-bond acceptors (Lipinski definition) is 6. The third-order valence-electron chi connectivity index (χ3n) is 3.64. The Bertz CT molecular complexity index is 990. The van der Waals surface area contributed by atoms with Crippen molar-refractivity contribution < 1.29 is 14.1 Å². The first-order valence-electron chi connectivity index (χ1n) is 7.77. The average Bonchev–Trinajstić information content (AvgIpc) is 3.01. The summed E-state index contributed by atoms with van der Waals surface area (Å²) in [6.45, 7) is 0. The van der Waals surface area contributed by atoms with Gasteiger partial charge in [-0.3, -0.25) is 14.9 Å². The van der Waals surface area contributed by atoms with Crippen LogP contribution in [0.5, 0.6) is 0 Å². The van der Waals surface area contributed by atoms with E-state index in [1.807, 2.05) is 0 Å². The summed E-state index contributed by atoms with van der Waals surface area (Å²) in [6.07, 6.45) is 0. The van der Waals surface area contributed by atoms with Gasteiger partial charge < -0.3 is 9.88 Å². The number of anilines is 1. The van der Waals surface area contributed by atoms with E-state index in [9.17, 15) is 19.3 Å². The number of nitro benzene ring substituents is 1. The number of nitrogens with one attached hydrogen (secondary N) is 1. The van der Waals surface area contributed by atoms with Crippen LogP contribution in [-0.2, 0) is 11.8 Å². The molecule has 0 aliphatic heterocycles. The highest BCUT2D eigenvalue weighted by molar-refractivity contribution is 7.99. The predicted molar refractivity (Wildman–Crippen MR) is 98.8 cm³/mol. The molecular formula is C17H14FN5O3S. The van der Waals surface area contributed by atoms with Gasteiger partial charge in [0.05, 0.1) is 10.7 Å². The molecule has 0 saturated heterocycles. The van der Waals surface area contributed by atoms with Crippen LogP contribution in [0.2, 0.25) is 0 Å². The van der Waals surface area contributed by atoms with Crippen LogP contribution < -0.4 is 5.32 Å². The fraction of sp³-hybridized carbons (Fsp3) is 0.118. The average molecular weight is 387 g/mol. The van der Waals surface area contributed by atoms with E-state index in [0.29, 0.717) is 16.5 Å². The lowest BCUT2D eigenvalue weighted by atomic mass is 10.2. The maximum absolute atomic E-state index is 13.0. The summed E-state index contributed by atoms with van der Waals surface area (Å²) >= 11 is 1.14. The first kappa shape index (κ1) is 18.5. The molecule has 2 aromatic carbocycles. The number of carbonyl (C=O) groups excluding carboxylic acids is 1. The second-order valence-corrected chi connectivity index (χ2v) is 6.43. The van der Waals surface area contributed by atoms with Crippen molar-refractivity contribution in [2.24, 2.45) is 7.05 Å². The van der Waals surface area contributed by atoms with Gasteiger partial charge in [-0.1, -0.05) is 23.9 Å². The molecule has 138 valence electrons. The fourth-order valence-corrected chi connectivity index (χ4v) is 3.06. The van der Waals surface area contributed by atoms with E-state index in [0.717, 1.165) is 11.8 Å². The van der Waals surface area contributed by atoms with E-state index in [1.165, 1.54) is 30.3 Å². The number of hydrogen-bond donors (Lipinski definition) is 1. The minimum absolute atomic E-state index is 0.00143. The van der Waals surface area contributed by atoms with Crippen molar-refractivity contribution >= 4 is 29.0 Å². The van der Waals surface area contributed by atoms with E-state index in [4.69, 9.17) is 0 Å². The lowest BCUT2D eigenvalue weighted by Gasteiger charge is -2.06. The summed E-state index contributed by atoms with van der Waals surface area (Å²) in [5.74, 6) is -0.207. The first-order chi connectivity index (χ1) is 13.0. The Morgan fingerprint density at radius 1 is 1.22 bits per heavy atom. The maximum atomic E-state index is 13.0. The number of rotatable bonds is 6. The fourth-order valence-electron chi connectivity index (χ4n) is 2.35. The van der Waals surface area contributed by atoms with Crippen LogP contribution in [0.25, 0.3) is 11.4 Å². The minimum Gasteiger partial charge on any atom is -0.320 e. The normalized spacial score (nSPS) is 10.6. The molecule has 0 aliphatic rings. The number of nitro groups is 1. The maximum Gasteiger partial charge on any atom is 0.292 e. The highest BCUT2D eigenvalue weighted by Gasteiger charge is 2.16. The van der Waals surface area contributed by atoms with Crippen molar-refractivity contribution in [3.8, 4) is 11.4 Å². The van der Waals surface area contributed by atoms with Gasteiger partial charge in [-0.15, -0.1) is 10.2 Å². The smallest absolute Gasteiger partial charge is 0.292 e. The number of nitrogens with zero attached hydrogens (tertiary/aromatic N) is 4. The molecule has 0 bridgehead atoms. The SMILES string of the molecule is Cn1c(SCC(=O)Nc2ccccc2[N+](=O)[O-])nnc1-c1ccc(F)cc1. The number of aromatic nitrogens is 3. The van der Waals surface area contributed by atoms with Crippen molar-refractivity contribution in [2.75, 3.05) is 11.1 Å². The monoisotopic (exact) mass is 387 g/mol. The second-order valence-electron chi connectivity index (χ2n) is 5.48. The van der Waals surface area contributed by atoms with E-state index in [1.54, 1.807) is 29.8 Å². The van der Waals surface area contributed by atoms with Gasteiger partial charge in [0.2, 0.25) is 5.91 Å².